The molecule has 0 saturated heterocycles. The average molecular weight is 637 g/mol. The highest BCUT2D eigenvalue weighted by Crippen LogP contribution is 2.32. The standard InChI is InChI=1S/C30H35Cl2N3O6S/c1-19(2)33-30(37)21(4)34(17-22-9-13-25(31)26(32)15-22)29(36)18-35(23-10-7-20(3)8-11-23)42(38,39)24-12-14-27(40-5)28(16-24)41-6/h7-16,19,21H,17-18H2,1-6H3,(H,33,37)/t21-/m0/s1. The predicted molar refractivity (Wildman–Crippen MR) is 165 cm³/mol. The number of hydrogen-bond acceptors (Lipinski definition) is 6. The smallest absolute Gasteiger partial charge is 0.264 e. The highest BCUT2D eigenvalue weighted by atomic mass is 35.5. The average Bonchev–Trinajstić information content (AvgIpc) is 2.95. The molecule has 0 saturated carbocycles. The van der Waals surface area contributed by atoms with Gasteiger partial charge in [0.25, 0.3) is 10.0 Å². The van der Waals surface area contributed by atoms with Gasteiger partial charge in [-0.3, -0.25) is 13.9 Å². The Labute approximate surface area is 257 Å². The molecular weight excluding hydrogens is 601 g/mol. The molecular formula is C30H35Cl2N3O6S. The molecule has 0 aliphatic heterocycles. The first-order valence-electron chi connectivity index (χ1n) is 13.1. The molecule has 3 rings (SSSR count). The van der Waals surface area contributed by atoms with Crippen molar-refractivity contribution in [3.63, 3.8) is 0 Å². The van der Waals surface area contributed by atoms with E-state index in [2.05, 4.69) is 5.32 Å². The molecule has 0 unspecified atom stereocenters. The number of halogens is 2. The van der Waals surface area contributed by atoms with Crippen molar-refractivity contribution < 1.29 is 27.5 Å². The number of amides is 2. The van der Waals surface area contributed by atoms with Crippen molar-refractivity contribution in [1.82, 2.24) is 10.2 Å². The highest BCUT2D eigenvalue weighted by molar-refractivity contribution is 7.92. The Balaban J connectivity index is 2.08. The lowest BCUT2D eigenvalue weighted by molar-refractivity contribution is -0.139. The molecule has 12 heteroatoms. The predicted octanol–water partition coefficient (Wildman–Crippen LogP) is 5.46. The van der Waals surface area contributed by atoms with Gasteiger partial charge in [-0.25, -0.2) is 8.42 Å². The van der Waals surface area contributed by atoms with E-state index in [4.69, 9.17) is 32.7 Å². The van der Waals surface area contributed by atoms with E-state index < -0.39 is 28.5 Å². The fourth-order valence-electron chi connectivity index (χ4n) is 4.17. The summed E-state index contributed by atoms with van der Waals surface area (Å²) in [6.07, 6.45) is 0. The van der Waals surface area contributed by atoms with Crippen LogP contribution >= 0.6 is 23.2 Å². The van der Waals surface area contributed by atoms with Crippen LogP contribution in [-0.4, -0.2) is 58.0 Å². The van der Waals surface area contributed by atoms with Crippen molar-refractivity contribution in [2.24, 2.45) is 0 Å². The summed E-state index contributed by atoms with van der Waals surface area (Å²) < 4.78 is 39.8. The Hall–Kier alpha value is -3.47. The molecule has 0 aliphatic carbocycles. The van der Waals surface area contributed by atoms with E-state index in [-0.39, 0.29) is 39.8 Å². The van der Waals surface area contributed by atoms with E-state index in [0.29, 0.717) is 16.3 Å². The molecule has 0 fully saturated rings. The van der Waals surface area contributed by atoms with Crippen LogP contribution in [0.2, 0.25) is 10.0 Å². The van der Waals surface area contributed by atoms with Gasteiger partial charge >= 0.3 is 0 Å². The van der Waals surface area contributed by atoms with Crippen LogP contribution in [0.25, 0.3) is 0 Å². The van der Waals surface area contributed by atoms with Crippen LogP contribution in [0.3, 0.4) is 0 Å². The molecule has 9 nitrogen and oxygen atoms in total. The summed E-state index contributed by atoms with van der Waals surface area (Å²) in [4.78, 5) is 28.3. The third kappa shape index (κ3) is 7.87. The number of aryl methyl sites for hydroxylation is 1. The van der Waals surface area contributed by atoms with Crippen LogP contribution in [0, 0.1) is 6.92 Å². The molecule has 0 spiro atoms. The number of anilines is 1. The first-order chi connectivity index (χ1) is 19.8. The summed E-state index contributed by atoms with van der Waals surface area (Å²) in [6.45, 7) is 6.48. The van der Waals surface area contributed by atoms with Crippen LogP contribution in [0.1, 0.15) is 31.9 Å². The molecule has 0 aliphatic rings. The Bertz CT molecular complexity index is 1530. The van der Waals surface area contributed by atoms with Crippen molar-refractivity contribution in [2.75, 3.05) is 25.1 Å². The molecule has 3 aromatic rings. The van der Waals surface area contributed by atoms with Crippen molar-refractivity contribution in [1.29, 1.82) is 0 Å². The van der Waals surface area contributed by atoms with Gasteiger partial charge in [-0.15, -0.1) is 0 Å². The number of ether oxygens (including phenoxy) is 2. The normalized spacial score (nSPS) is 12.0. The summed E-state index contributed by atoms with van der Waals surface area (Å²) in [5.41, 5.74) is 1.80. The quantitative estimate of drug-likeness (QED) is 0.283. The summed E-state index contributed by atoms with van der Waals surface area (Å²) in [5, 5.41) is 3.45. The summed E-state index contributed by atoms with van der Waals surface area (Å²) >= 11 is 12.3. The number of carbonyl (C=O) groups excluding carboxylic acids is 2. The molecule has 0 radical (unpaired) electrons. The van der Waals surface area contributed by atoms with Crippen molar-refractivity contribution >= 4 is 50.7 Å². The maximum absolute atomic E-state index is 14.1. The van der Waals surface area contributed by atoms with E-state index in [1.807, 2.05) is 20.8 Å². The number of carbonyl (C=O) groups is 2. The number of methoxy groups -OCH3 is 2. The fourth-order valence-corrected chi connectivity index (χ4v) is 5.92. The Kier molecular flexibility index (Phi) is 11.1. The van der Waals surface area contributed by atoms with Crippen LogP contribution in [0.15, 0.2) is 65.6 Å². The third-order valence-corrected chi connectivity index (χ3v) is 8.99. The first-order valence-corrected chi connectivity index (χ1v) is 15.3. The third-order valence-electron chi connectivity index (χ3n) is 6.48. The van der Waals surface area contributed by atoms with Gasteiger partial charge in [-0.1, -0.05) is 47.0 Å². The Morgan fingerprint density at radius 3 is 2.10 bits per heavy atom. The van der Waals surface area contributed by atoms with Gasteiger partial charge in [-0.05, 0) is 69.7 Å². The number of nitrogens with zero attached hydrogens (tertiary/aromatic N) is 2. The van der Waals surface area contributed by atoms with E-state index in [1.165, 1.54) is 37.3 Å². The van der Waals surface area contributed by atoms with Gasteiger partial charge in [0.2, 0.25) is 11.8 Å². The van der Waals surface area contributed by atoms with Crippen molar-refractivity contribution in [2.45, 2.75) is 51.2 Å². The van der Waals surface area contributed by atoms with Crippen LogP contribution < -0.4 is 19.1 Å². The largest absolute Gasteiger partial charge is 0.493 e. The zero-order valence-electron chi connectivity index (χ0n) is 24.4. The van der Waals surface area contributed by atoms with E-state index >= 15 is 0 Å². The highest BCUT2D eigenvalue weighted by Gasteiger charge is 2.33. The number of hydrogen-bond donors (Lipinski definition) is 1. The number of sulfonamides is 1. The van der Waals surface area contributed by atoms with Crippen molar-refractivity contribution in [3.8, 4) is 11.5 Å². The zero-order chi connectivity index (χ0) is 31.2. The lowest BCUT2D eigenvalue weighted by Crippen LogP contribution is -2.52. The minimum absolute atomic E-state index is 0.0133. The summed E-state index contributed by atoms with van der Waals surface area (Å²) in [5.74, 6) is -0.415. The molecule has 0 heterocycles. The minimum Gasteiger partial charge on any atom is -0.493 e. The molecule has 1 atom stereocenters. The maximum Gasteiger partial charge on any atom is 0.264 e. The first kappa shape index (κ1) is 33.0. The van der Waals surface area contributed by atoms with Crippen molar-refractivity contribution in [3.05, 3.63) is 81.8 Å². The molecule has 42 heavy (non-hydrogen) atoms. The number of rotatable bonds is 12. The van der Waals surface area contributed by atoms with E-state index in [9.17, 15) is 18.0 Å². The molecule has 0 aromatic heterocycles. The van der Waals surface area contributed by atoms with Gasteiger partial charge < -0.3 is 19.7 Å². The minimum atomic E-state index is -4.29. The lowest BCUT2D eigenvalue weighted by atomic mass is 10.1. The van der Waals surface area contributed by atoms with Gasteiger partial charge in [-0.2, -0.15) is 0 Å². The maximum atomic E-state index is 14.1. The molecule has 2 amide bonds. The molecule has 226 valence electrons. The van der Waals surface area contributed by atoms with Crippen LogP contribution in [-0.2, 0) is 26.2 Å². The second-order valence-electron chi connectivity index (χ2n) is 9.97. The molecule has 0 bridgehead atoms. The SMILES string of the molecule is COc1ccc(S(=O)(=O)N(CC(=O)N(Cc2ccc(Cl)c(Cl)c2)[C@@H](C)C(=O)NC(C)C)c2ccc(C)cc2)cc1OC. The number of benzene rings is 3. The Morgan fingerprint density at radius 1 is 0.881 bits per heavy atom. The lowest BCUT2D eigenvalue weighted by Gasteiger charge is -2.32. The van der Waals surface area contributed by atoms with Crippen LogP contribution in [0.5, 0.6) is 11.5 Å². The summed E-state index contributed by atoms with van der Waals surface area (Å²) in [7, 11) is -1.44. The van der Waals surface area contributed by atoms with Crippen LogP contribution in [0.4, 0.5) is 5.69 Å². The molecule has 1 N–H and O–H groups in total. The second kappa shape index (κ2) is 14.1. The summed E-state index contributed by atoms with van der Waals surface area (Å²) in [6, 6.07) is 14.8. The van der Waals surface area contributed by atoms with Gasteiger partial charge in [0.05, 0.1) is 34.8 Å². The van der Waals surface area contributed by atoms with E-state index in [0.717, 1.165) is 9.87 Å². The van der Waals surface area contributed by atoms with Gasteiger partial charge in [0.1, 0.15) is 12.6 Å². The zero-order valence-corrected chi connectivity index (χ0v) is 26.7. The number of nitrogens with one attached hydrogen (secondary N) is 1. The topological polar surface area (TPSA) is 105 Å². The Morgan fingerprint density at radius 2 is 1.52 bits per heavy atom. The van der Waals surface area contributed by atoms with Gasteiger partial charge in [0, 0.05) is 18.7 Å². The monoisotopic (exact) mass is 635 g/mol. The second-order valence-corrected chi connectivity index (χ2v) is 12.7. The molecule has 3 aromatic carbocycles. The fraction of sp³-hybridized carbons (Fsp3) is 0.333. The van der Waals surface area contributed by atoms with E-state index in [1.54, 1.807) is 49.4 Å². The van der Waals surface area contributed by atoms with Gasteiger partial charge in [0.15, 0.2) is 11.5 Å².